The number of hydrogen-bond acceptors (Lipinski definition) is 8. The summed E-state index contributed by atoms with van der Waals surface area (Å²) in [6, 6.07) is 11.1. The van der Waals surface area contributed by atoms with Gasteiger partial charge in [0.15, 0.2) is 5.75 Å². The second-order valence-electron chi connectivity index (χ2n) is 6.48. The van der Waals surface area contributed by atoms with E-state index in [1.807, 2.05) is 13.8 Å². The number of carbonyl (C=O) groups is 1. The molecular formula is C20H24N3O7P. The van der Waals surface area contributed by atoms with Crippen molar-refractivity contribution in [2.24, 2.45) is 4.85 Å². The third-order valence-electron chi connectivity index (χ3n) is 4.17. The molecule has 1 N–H and O–H groups in total. The third-order valence-corrected chi connectivity index (χ3v) is 4.82. The van der Waals surface area contributed by atoms with Crippen LogP contribution in [-0.4, -0.2) is 23.0 Å². The molecule has 0 aliphatic rings. The Bertz CT molecular complexity index is 900. The van der Waals surface area contributed by atoms with Crippen LogP contribution in [0, 0.1) is 10.1 Å². The number of benzene rings is 2. The van der Waals surface area contributed by atoms with Crippen LogP contribution in [0.25, 0.3) is 0 Å². The van der Waals surface area contributed by atoms with Gasteiger partial charge in [-0.2, -0.15) is 5.43 Å². The molecule has 1 unspecified atom stereocenters. The Morgan fingerprint density at radius 2 is 1.58 bits per heavy atom. The van der Waals surface area contributed by atoms with E-state index in [2.05, 4.69) is 10.3 Å². The first-order chi connectivity index (χ1) is 14.8. The number of non-ortho nitro benzene ring substituents is 1. The minimum absolute atomic E-state index is 0.0321. The summed E-state index contributed by atoms with van der Waals surface area (Å²) in [5.74, 6) is 0.701. The van der Waals surface area contributed by atoms with Crippen LogP contribution in [0.3, 0.4) is 0 Å². The largest absolute Gasteiger partial charge is 0.574 e. The van der Waals surface area contributed by atoms with Gasteiger partial charge in [0.05, 0.1) is 4.92 Å². The summed E-state index contributed by atoms with van der Waals surface area (Å²) in [6.45, 7) is 5.41. The third kappa shape index (κ3) is 7.93. The lowest BCUT2D eigenvalue weighted by Gasteiger charge is -2.16. The average Bonchev–Trinajstić information content (AvgIpc) is 2.77. The Morgan fingerprint density at radius 1 is 1.06 bits per heavy atom. The fourth-order valence-corrected chi connectivity index (χ4v) is 2.97. The van der Waals surface area contributed by atoms with Gasteiger partial charge in [-0.25, -0.2) is 0 Å². The molecule has 0 amide bonds. The summed E-state index contributed by atoms with van der Waals surface area (Å²) in [7, 11) is -2.46. The Labute approximate surface area is 180 Å². The molecule has 0 aliphatic carbocycles. The summed E-state index contributed by atoms with van der Waals surface area (Å²) < 4.78 is 16.1. The Hall–Kier alpha value is -3.07. The number of nitro benzene ring substituents is 1. The first-order valence-corrected chi connectivity index (χ1v) is 10.8. The molecule has 0 saturated heterocycles. The number of rotatable bonds is 11. The van der Waals surface area contributed by atoms with Crippen molar-refractivity contribution in [3.8, 4) is 17.2 Å². The molecule has 31 heavy (non-hydrogen) atoms. The van der Waals surface area contributed by atoms with E-state index in [4.69, 9.17) is 14.0 Å². The molecule has 0 bridgehead atoms. The lowest BCUT2D eigenvalue weighted by Crippen LogP contribution is -2.34. The van der Waals surface area contributed by atoms with Crippen molar-refractivity contribution in [3.63, 3.8) is 0 Å². The van der Waals surface area contributed by atoms with E-state index in [9.17, 15) is 19.8 Å². The molecule has 0 radical (unpaired) electrons. The Kier molecular flexibility index (Phi) is 9.33. The van der Waals surface area contributed by atoms with Crippen LogP contribution in [0.4, 0.5) is 5.69 Å². The van der Waals surface area contributed by atoms with Crippen molar-refractivity contribution in [1.29, 1.82) is 0 Å². The van der Waals surface area contributed by atoms with Crippen molar-refractivity contribution in [3.05, 3.63) is 58.6 Å². The van der Waals surface area contributed by atoms with Crippen LogP contribution in [0.2, 0.25) is 0 Å². The lowest BCUT2D eigenvalue weighted by atomic mass is 10.2. The van der Waals surface area contributed by atoms with Gasteiger partial charge in [-0.15, -0.1) is 0 Å². The number of nitrogens with one attached hydrogen (secondary N) is 1. The fourth-order valence-electron chi connectivity index (χ4n) is 2.36. The topological polar surface area (TPSA) is 135 Å². The average molecular weight is 449 g/mol. The van der Waals surface area contributed by atoms with E-state index in [1.165, 1.54) is 36.4 Å². The van der Waals surface area contributed by atoms with Gasteiger partial charge in [-0.3, -0.25) is 19.4 Å². The minimum Gasteiger partial charge on any atom is -0.574 e. The molecule has 0 aliphatic heterocycles. The highest BCUT2D eigenvalue weighted by atomic mass is 31.1. The first kappa shape index (κ1) is 24.2. The lowest BCUT2D eigenvalue weighted by molar-refractivity contribution is -0.384. The molecule has 2 rings (SSSR count). The molecule has 0 aromatic heterocycles. The van der Waals surface area contributed by atoms with Crippen LogP contribution in [0.15, 0.2) is 53.4 Å². The number of ether oxygens (including phenoxy) is 2. The van der Waals surface area contributed by atoms with Gasteiger partial charge in [0.25, 0.3) is 5.69 Å². The summed E-state index contributed by atoms with van der Waals surface area (Å²) in [6.07, 6.45) is 1.27. The van der Waals surface area contributed by atoms with Crippen LogP contribution in [-0.2, 0) is 9.53 Å². The van der Waals surface area contributed by atoms with Crippen molar-refractivity contribution < 1.29 is 28.6 Å². The van der Waals surface area contributed by atoms with Crippen molar-refractivity contribution in [2.45, 2.75) is 45.8 Å². The molecule has 2 aromatic rings. The highest BCUT2D eigenvalue weighted by Crippen LogP contribution is 2.28. The van der Waals surface area contributed by atoms with Crippen LogP contribution >= 0.6 is 8.17 Å². The van der Waals surface area contributed by atoms with Gasteiger partial charge in [0.1, 0.15) is 23.6 Å². The number of nitrogens with zero attached hydrogens (tertiary/aromatic N) is 2. The molecule has 0 heterocycles. The van der Waals surface area contributed by atoms with Gasteiger partial charge in [-0.1, -0.05) is 13.8 Å². The predicted octanol–water partition coefficient (Wildman–Crippen LogP) is 4.25. The molecule has 2 aromatic carbocycles. The predicted molar refractivity (Wildman–Crippen MR) is 113 cm³/mol. The second kappa shape index (κ2) is 11.9. The molecule has 11 heteroatoms. The zero-order valence-electron chi connectivity index (χ0n) is 17.4. The first-order valence-electron chi connectivity index (χ1n) is 9.66. The summed E-state index contributed by atoms with van der Waals surface area (Å²) >= 11 is 0. The number of hydrogen-bond donors (Lipinski definition) is 1. The number of esters is 1. The van der Waals surface area contributed by atoms with E-state index >= 15 is 0 Å². The highest BCUT2D eigenvalue weighted by Gasteiger charge is 2.19. The minimum atomic E-state index is -2.46. The van der Waals surface area contributed by atoms with Crippen molar-refractivity contribution in [1.82, 2.24) is 5.43 Å². The van der Waals surface area contributed by atoms with E-state index in [1.54, 1.807) is 19.1 Å². The number of carbonyl (C=O) groups excluding carboxylic acids is 1. The molecule has 0 spiro atoms. The zero-order valence-corrected chi connectivity index (χ0v) is 18.3. The Balaban J connectivity index is 1.87. The van der Waals surface area contributed by atoms with Gasteiger partial charge in [0, 0.05) is 17.0 Å². The maximum atomic E-state index is 12.0. The van der Waals surface area contributed by atoms with Crippen molar-refractivity contribution in [2.75, 3.05) is 0 Å². The zero-order chi connectivity index (χ0) is 22.8. The van der Waals surface area contributed by atoms with Gasteiger partial charge in [0.2, 0.25) is 0 Å². The van der Waals surface area contributed by atoms with E-state index < -0.39 is 25.1 Å². The van der Waals surface area contributed by atoms with Crippen LogP contribution in [0.1, 0.15) is 33.6 Å². The van der Waals surface area contributed by atoms with Gasteiger partial charge in [-0.05, 0) is 56.2 Å². The second-order valence-corrected chi connectivity index (χ2v) is 7.34. The molecule has 10 nitrogen and oxygen atoms in total. The summed E-state index contributed by atoms with van der Waals surface area (Å²) in [4.78, 5) is 37.8. The smallest absolute Gasteiger partial charge is 0.412 e. The molecule has 0 fully saturated rings. The SMILES string of the molecule is CCC(CC)OC(=O)[C@H](C)N/N=[P+](\[O-])Oc1ccc(Oc2ccc([N+](=O)[O-])cc2)cc1. The Morgan fingerprint density at radius 3 is 2.10 bits per heavy atom. The van der Waals surface area contributed by atoms with E-state index in [-0.39, 0.29) is 17.5 Å². The van der Waals surface area contributed by atoms with Gasteiger partial charge < -0.3 is 14.4 Å². The van der Waals surface area contributed by atoms with Crippen LogP contribution in [0.5, 0.6) is 17.2 Å². The molecule has 166 valence electrons. The van der Waals surface area contributed by atoms with E-state index in [0.717, 1.165) is 0 Å². The molecule has 0 saturated carbocycles. The molecule has 2 atom stereocenters. The van der Waals surface area contributed by atoms with Gasteiger partial charge >= 0.3 is 14.1 Å². The maximum Gasteiger partial charge on any atom is 0.412 e. The summed E-state index contributed by atoms with van der Waals surface area (Å²) in [5, 5.41) is 10.7. The van der Waals surface area contributed by atoms with Crippen LogP contribution < -0.4 is 19.6 Å². The quantitative estimate of drug-likeness (QED) is 0.233. The van der Waals surface area contributed by atoms with Crippen molar-refractivity contribution >= 4 is 19.8 Å². The van der Waals surface area contributed by atoms with E-state index in [0.29, 0.717) is 24.3 Å². The summed E-state index contributed by atoms with van der Waals surface area (Å²) in [5.41, 5.74) is 2.45. The highest BCUT2D eigenvalue weighted by molar-refractivity contribution is 7.33. The standard InChI is InChI=1S/C20H24N3O7P/c1-4-16(5-2)29-20(24)14(3)21-22-31(27)30-19-12-10-18(11-13-19)28-17-8-6-15(7-9-17)23(25)26/h6-14,16,21H,4-5H2,1-3H3/t14-/m0/s1. The normalized spacial score (nSPS) is 12.4. The molecular weight excluding hydrogens is 425 g/mol. The fraction of sp³-hybridized carbons (Fsp3) is 0.350. The number of nitro groups is 1. The maximum absolute atomic E-state index is 12.0. The monoisotopic (exact) mass is 449 g/mol.